The van der Waals surface area contributed by atoms with E-state index in [4.69, 9.17) is 5.14 Å². The summed E-state index contributed by atoms with van der Waals surface area (Å²) in [5.41, 5.74) is 1.20. The number of benzene rings is 2. The summed E-state index contributed by atoms with van der Waals surface area (Å²) in [5.74, 6) is 0.123. The second-order valence-corrected chi connectivity index (χ2v) is 8.81. The molecule has 0 unspecified atom stereocenters. The van der Waals surface area contributed by atoms with Gasteiger partial charge in [-0.05, 0) is 55.3 Å². The van der Waals surface area contributed by atoms with Crippen LogP contribution in [0.5, 0.6) is 0 Å². The van der Waals surface area contributed by atoms with Crippen molar-refractivity contribution in [1.82, 2.24) is 0 Å². The van der Waals surface area contributed by atoms with Gasteiger partial charge in [0.25, 0.3) is 0 Å². The van der Waals surface area contributed by atoms with Crippen molar-refractivity contribution in [2.75, 3.05) is 16.4 Å². The smallest absolute Gasteiger partial charge is 0.238 e. The van der Waals surface area contributed by atoms with Gasteiger partial charge >= 0.3 is 0 Å². The zero-order chi connectivity index (χ0) is 19.4. The van der Waals surface area contributed by atoms with E-state index in [2.05, 4.69) is 10.6 Å². The standard InChI is InChI=1S/C18H19N3O4S2/c19-27(24,25)16-8-6-13(7-9-16)20-17(22)11-26-15-3-1-2-14(10-15)21-18(23)12-4-5-12/h1-3,6-10,12H,4-5,11H2,(H,20,22)(H,21,23)(H2,19,24,25). The van der Waals surface area contributed by atoms with E-state index in [1.54, 1.807) is 0 Å². The average Bonchev–Trinajstić information content (AvgIpc) is 3.45. The van der Waals surface area contributed by atoms with Gasteiger partial charge in [0.2, 0.25) is 21.8 Å². The molecule has 4 N–H and O–H groups in total. The Morgan fingerprint density at radius 2 is 1.74 bits per heavy atom. The third-order valence-electron chi connectivity index (χ3n) is 3.89. The lowest BCUT2D eigenvalue weighted by molar-refractivity contribution is -0.117. The van der Waals surface area contributed by atoms with Crippen LogP contribution >= 0.6 is 11.8 Å². The van der Waals surface area contributed by atoms with Gasteiger partial charge in [0.1, 0.15) is 0 Å². The maximum Gasteiger partial charge on any atom is 0.238 e. The van der Waals surface area contributed by atoms with Crippen LogP contribution in [0.4, 0.5) is 11.4 Å². The van der Waals surface area contributed by atoms with E-state index in [1.807, 2.05) is 24.3 Å². The van der Waals surface area contributed by atoms with Crippen molar-refractivity contribution in [3.8, 4) is 0 Å². The fourth-order valence-electron chi connectivity index (χ4n) is 2.33. The molecule has 1 saturated carbocycles. The van der Waals surface area contributed by atoms with Crippen LogP contribution in [-0.2, 0) is 19.6 Å². The Kier molecular flexibility index (Phi) is 5.83. The van der Waals surface area contributed by atoms with E-state index in [0.717, 1.165) is 23.4 Å². The zero-order valence-corrected chi connectivity index (χ0v) is 16.0. The van der Waals surface area contributed by atoms with Crippen molar-refractivity contribution in [2.45, 2.75) is 22.6 Å². The molecular formula is C18H19N3O4S2. The Morgan fingerprint density at radius 3 is 2.37 bits per heavy atom. The molecule has 0 bridgehead atoms. The molecule has 2 amide bonds. The van der Waals surface area contributed by atoms with Crippen LogP contribution in [0.1, 0.15) is 12.8 Å². The molecule has 1 fully saturated rings. The summed E-state index contributed by atoms with van der Waals surface area (Å²) in [6.07, 6.45) is 1.89. The minimum Gasteiger partial charge on any atom is -0.326 e. The van der Waals surface area contributed by atoms with Gasteiger partial charge in [-0.3, -0.25) is 9.59 Å². The molecule has 0 aliphatic heterocycles. The highest BCUT2D eigenvalue weighted by molar-refractivity contribution is 8.00. The number of amides is 2. The first kappa shape index (κ1) is 19.4. The molecule has 27 heavy (non-hydrogen) atoms. The number of primary sulfonamides is 1. The van der Waals surface area contributed by atoms with Crippen LogP contribution < -0.4 is 15.8 Å². The van der Waals surface area contributed by atoms with Crippen molar-refractivity contribution in [1.29, 1.82) is 0 Å². The summed E-state index contributed by atoms with van der Waals surface area (Å²) in [7, 11) is -3.76. The molecule has 1 aliphatic rings. The first-order chi connectivity index (χ1) is 12.8. The lowest BCUT2D eigenvalue weighted by Crippen LogP contribution is -2.15. The van der Waals surface area contributed by atoms with Crippen LogP contribution in [0.3, 0.4) is 0 Å². The van der Waals surface area contributed by atoms with E-state index >= 15 is 0 Å². The van der Waals surface area contributed by atoms with Gasteiger partial charge < -0.3 is 10.6 Å². The van der Waals surface area contributed by atoms with E-state index < -0.39 is 10.0 Å². The number of carbonyl (C=O) groups excluding carboxylic acids is 2. The molecule has 1 aliphatic carbocycles. The van der Waals surface area contributed by atoms with Gasteiger partial charge in [0.05, 0.1) is 10.6 Å². The average molecular weight is 406 g/mol. The van der Waals surface area contributed by atoms with Gasteiger partial charge in [-0.2, -0.15) is 0 Å². The van der Waals surface area contributed by atoms with Crippen molar-refractivity contribution < 1.29 is 18.0 Å². The third kappa shape index (κ3) is 5.81. The topological polar surface area (TPSA) is 118 Å². The highest BCUT2D eigenvalue weighted by Gasteiger charge is 2.29. The monoisotopic (exact) mass is 405 g/mol. The van der Waals surface area contributed by atoms with Crippen LogP contribution in [0.25, 0.3) is 0 Å². The number of nitrogens with two attached hydrogens (primary N) is 1. The highest BCUT2D eigenvalue weighted by Crippen LogP contribution is 2.30. The van der Waals surface area contributed by atoms with E-state index in [-0.39, 0.29) is 28.4 Å². The van der Waals surface area contributed by atoms with Gasteiger partial charge in [-0.1, -0.05) is 6.07 Å². The molecule has 0 atom stereocenters. The van der Waals surface area contributed by atoms with E-state index in [1.165, 1.54) is 36.0 Å². The SMILES string of the molecule is NS(=O)(=O)c1ccc(NC(=O)CSc2cccc(NC(=O)C3CC3)c2)cc1. The van der Waals surface area contributed by atoms with E-state index in [9.17, 15) is 18.0 Å². The lowest BCUT2D eigenvalue weighted by atomic mass is 10.3. The molecule has 142 valence electrons. The summed E-state index contributed by atoms with van der Waals surface area (Å²) < 4.78 is 22.4. The molecule has 0 radical (unpaired) electrons. The predicted molar refractivity (Wildman–Crippen MR) is 105 cm³/mol. The summed E-state index contributed by atoms with van der Waals surface area (Å²) in [6, 6.07) is 13.0. The number of rotatable bonds is 7. The Hall–Kier alpha value is -2.36. The number of hydrogen-bond donors (Lipinski definition) is 3. The second kappa shape index (κ2) is 8.12. The fourth-order valence-corrected chi connectivity index (χ4v) is 3.60. The van der Waals surface area contributed by atoms with Crippen molar-refractivity contribution in [3.05, 3.63) is 48.5 Å². The lowest BCUT2D eigenvalue weighted by Gasteiger charge is -2.08. The molecule has 2 aromatic rings. The van der Waals surface area contributed by atoms with Crippen LogP contribution in [0.2, 0.25) is 0 Å². The second-order valence-electron chi connectivity index (χ2n) is 6.20. The summed E-state index contributed by atoms with van der Waals surface area (Å²) in [4.78, 5) is 24.7. The van der Waals surface area contributed by atoms with E-state index in [0.29, 0.717) is 5.69 Å². The van der Waals surface area contributed by atoms with Gasteiger partial charge in [-0.15, -0.1) is 11.8 Å². The summed E-state index contributed by atoms with van der Waals surface area (Å²) in [5, 5.41) is 10.6. The Morgan fingerprint density at radius 1 is 1.04 bits per heavy atom. The molecular weight excluding hydrogens is 386 g/mol. The number of nitrogens with one attached hydrogen (secondary N) is 2. The van der Waals surface area contributed by atoms with Crippen molar-refractivity contribution in [2.24, 2.45) is 11.1 Å². The van der Waals surface area contributed by atoms with Crippen molar-refractivity contribution in [3.63, 3.8) is 0 Å². The number of hydrogen-bond acceptors (Lipinski definition) is 5. The van der Waals surface area contributed by atoms with Gasteiger partial charge in [0, 0.05) is 22.2 Å². The number of anilines is 2. The van der Waals surface area contributed by atoms with Crippen LogP contribution in [0, 0.1) is 5.92 Å². The van der Waals surface area contributed by atoms with Gasteiger partial charge in [0.15, 0.2) is 0 Å². The molecule has 2 aromatic carbocycles. The zero-order valence-electron chi connectivity index (χ0n) is 14.3. The maximum atomic E-state index is 12.1. The Balaban J connectivity index is 1.52. The molecule has 9 heteroatoms. The molecule has 0 aromatic heterocycles. The number of thioether (sulfide) groups is 1. The molecule has 0 heterocycles. The Bertz CT molecular complexity index is 955. The molecule has 3 rings (SSSR count). The molecule has 0 spiro atoms. The normalized spacial score (nSPS) is 13.8. The summed E-state index contributed by atoms with van der Waals surface area (Å²) >= 11 is 1.34. The van der Waals surface area contributed by atoms with Crippen molar-refractivity contribution >= 4 is 45.0 Å². The third-order valence-corrected chi connectivity index (χ3v) is 5.81. The van der Waals surface area contributed by atoms with Crippen LogP contribution in [0.15, 0.2) is 58.3 Å². The predicted octanol–water partition coefficient (Wildman–Crippen LogP) is 2.41. The number of sulfonamides is 1. The molecule has 0 saturated heterocycles. The first-order valence-corrected chi connectivity index (χ1v) is 10.8. The quantitative estimate of drug-likeness (QED) is 0.611. The Labute approximate surface area is 161 Å². The fraction of sp³-hybridized carbons (Fsp3) is 0.222. The number of carbonyl (C=O) groups is 2. The molecule has 7 nitrogen and oxygen atoms in total. The van der Waals surface area contributed by atoms with Crippen LogP contribution in [-0.4, -0.2) is 26.0 Å². The highest BCUT2D eigenvalue weighted by atomic mass is 32.2. The van der Waals surface area contributed by atoms with Gasteiger partial charge in [-0.25, -0.2) is 13.6 Å². The first-order valence-electron chi connectivity index (χ1n) is 8.28. The largest absolute Gasteiger partial charge is 0.326 e. The minimum atomic E-state index is -3.76. The maximum absolute atomic E-state index is 12.1. The minimum absolute atomic E-state index is 0.0140. The summed E-state index contributed by atoms with van der Waals surface area (Å²) in [6.45, 7) is 0.